The highest BCUT2D eigenvalue weighted by Crippen LogP contribution is 2.47. The monoisotopic (exact) mass is 579 g/mol. The first-order valence-corrected chi connectivity index (χ1v) is 13.9. The Kier molecular flexibility index (Phi) is 8.49. The molecular weight excluding hydrogens is 554 g/mol. The molecule has 0 bridgehead atoms. The predicted octanol–water partition coefficient (Wildman–Crippen LogP) is 8.23. The molecule has 0 spiro atoms. The summed E-state index contributed by atoms with van der Waals surface area (Å²) in [6, 6.07) is 15.2. The van der Waals surface area contributed by atoms with Gasteiger partial charge < -0.3 is 15.7 Å². The number of rotatable bonds is 9. The second kappa shape index (κ2) is 11.8. The van der Waals surface area contributed by atoms with Crippen LogP contribution in [0.15, 0.2) is 97.7 Å². The molecule has 4 aromatic carbocycles. The van der Waals surface area contributed by atoms with E-state index in [0.29, 0.717) is 16.9 Å². The molecule has 13 heteroatoms. The summed E-state index contributed by atoms with van der Waals surface area (Å²) in [5, 5.41) is 28.2. The minimum Gasteiger partial charge on any atom is -0.505 e. The van der Waals surface area contributed by atoms with Gasteiger partial charge in [-0.25, -0.2) is 0 Å². The highest BCUT2D eigenvalue weighted by molar-refractivity contribution is 7.94. The number of nitrogens with zero attached hydrogens (tertiary/aromatic N) is 4. The quantitative estimate of drug-likeness (QED) is 0.0260. The van der Waals surface area contributed by atoms with Crippen LogP contribution in [-0.2, 0) is 19.3 Å². The Morgan fingerprint density at radius 3 is 2.30 bits per heavy atom. The first-order valence-electron chi connectivity index (χ1n) is 11.7. The van der Waals surface area contributed by atoms with Crippen LogP contribution in [0.5, 0.6) is 5.75 Å². The number of anilines is 1. The van der Waals surface area contributed by atoms with Gasteiger partial charge in [0, 0.05) is 4.90 Å². The average Bonchev–Trinajstić information content (AvgIpc) is 2.89. The zero-order valence-electron chi connectivity index (χ0n) is 21.7. The summed E-state index contributed by atoms with van der Waals surface area (Å²) in [4.78, 5) is 4.76. The highest BCUT2D eigenvalue weighted by Gasteiger charge is 2.24. The predicted molar refractivity (Wildman–Crippen MR) is 154 cm³/mol. The van der Waals surface area contributed by atoms with Gasteiger partial charge in [0.05, 0.1) is 34.5 Å². The van der Waals surface area contributed by atoms with Crippen LogP contribution in [0.25, 0.3) is 10.8 Å². The van der Waals surface area contributed by atoms with E-state index in [9.17, 15) is 18.1 Å². The van der Waals surface area contributed by atoms with Crippen molar-refractivity contribution in [2.45, 2.75) is 30.6 Å². The van der Waals surface area contributed by atoms with Crippen molar-refractivity contribution in [3.8, 4) is 5.75 Å². The zero-order valence-corrected chi connectivity index (χ0v) is 23.3. The van der Waals surface area contributed by atoms with Crippen molar-refractivity contribution in [3.63, 3.8) is 0 Å². The standard InChI is InChI=1S/C27H25N5O6S2/c1-5-37-38-39-20-10-8-19(9-11-20)29-31-25-17(4)13-18-14-22(40(34,35)36)26(27(33)23(18)24(25)28)32-30-21-12-15(2)6-7-16(21)3/h5-14,33H,1,28H2,2-4H3,(H,34,35,36). The van der Waals surface area contributed by atoms with E-state index in [1.807, 2.05) is 26.0 Å². The van der Waals surface area contributed by atoms with Crippen molar-refractivity contribution in [2.75, 3.05) is 5.73 Å². The van der Waals surface area contributed by atoms with E-state index in [1.54, 1.807) is 43.3 Å². The molecule has 4 rings (SSSR count). The van der Waals surface area contributed by atoms with Gasteiger partial charge in [0.2, 0.25) is 0 Å². The molecule has 4 N–H and O–H groups in total. The number of hydrogen-bond acceptors (Lipinski definition) is 11. The van der Waals surface area contributed by atoms with Gasteiger partial charge in [-0.05, 0) is 85.3 Å². The van der Waals surface area contributed by atoms with Gasteiger partial charge in [-0.3, -0.25) is 4.55 Å². The van der Waals surface area contributed by atoms with Gasteiger partial charge in [-0.2, -0.15) is 18.6 Å². The molecular formula is C27H25N5O6S2. The SMILES string of the molecule is C=COOSc1ccc(N=Nc2c(C)cc3cc(S(=O)(=O)O)c(N=Nc4cc(C)ccc4C)c(O)c3c2N)cc1. The summed E-state index contributed by atoms with van der Waals surface area (Å²) in [5.74, 6) is -0.573. The summed E-state index contributed by atoms with van der Waals surface area (Å²) in [6.45, 7) is 8.77. The van der Waals surface area contributed by atoms with Crippen LogP contribution in [0.2, 0.25) is 0 Å². The maximum absolute atomic E-state index is 12.2. The third-order valence-electron chi connectivity index (χ3n) is 5.78. The van der Waals surface area contributed by atoms with E-state index >= 15 is 0 Å². The second-order valence-corrected chi connectivity index (χ2v) is 10.9. The summed E-state index contributed by atoms with van der Waals surface area (Å²) < 4.78 is 39.2. The Morgan fingerprint density at radius 1 is 0.925 bits per heavy atom. The zero-order chi connectivity index (χ0) is 29.0. The van der Waals surface area contributed by atoms with Gasteiger partial charge in [0.15, 0.2) is 5.75 Å². The lowest BCUT2D eigenvalue weighted by Crippen LogP contribution is -2.00. The van der Waals surface area contributed by atoms with Gasteiger partial charge in [0.1, 0.15) is 22.5 Å². The fourth-order valence-corrected chi connectivity index (χ4v) is 4.88. The normalized spacial score (nSPS) is 12.0. The number of phenolic OH excluding ortho intramolecular Hbond substituents is 1. The summed E-state index contributed by atoms with van der Waals surface area (Å²) in [5.41, 5.74) is 9.51. The number of benzene rings is 4. The average molecular weight is 580 g/mol. The summed E-state index contributed by atoms with van der Waals surface area (Å²) >= 11 is 0.993. The van der Waals surface area contributed by atoms with Gasteiger partial charge in [-0.15, -0.1) is 14.6 Å². The molecule has 0 saturated carbocycles. The summed E-state index contributed by atoms with van der Waals surface area (Å²) in [6.07, 6.45) is 1.16. The van der Waals surface area contributed by atoms with Crippen LogP contribution in [0.4, 0.5) is 28.4 Å². The van der Waals surface area contributed by atoms with Crippen LogP contribution < -0.4 is 5.73 Å². The molecule has 11 nitrogen and oxygen atoms in total. The Balaban J connectivity index is 1.79. The van der Waals surface area contributed by atoms with E-state index < -0.39 is 26.5 Å². The van der Waals surface area contributed by atoms with Crippen molar-refractivity contribution in [3.05, 3.63) is 84.1 Å². The fourth-order valence-electron chi connectivity index (χ4n) is 3.80. The molecule has 0 aliphatic heterocycles. The number of hydrogen-bond donors (Lipinski definition) is 3. The first-order chi connectivity index (χ1) is 19.0. The molecule has 40 heavy (non-hydrogen) atoms. The molecule has 0 aliphatic rings. The van der Waals surface area contributed by atoms with Crippen molar-refractivity contribution in [1.82, 2.24) is 0 Å². The molecule has 0 saturated heterocycles. The largest absolute Gasteiger partial charge is 0.505 e. The lowest BCUT2D eigenvalue weighted by molar-refractivity contribution is -0.129. The van der Waals surface area contributed by atoms with E-state index in [0.717, 1.165) is 34.3 Å². The van der Waals surface area contributed by atoms with Crippen molar-refractivity contribution >= 4 is 61.4 Å². The number of aromatic hydroxyl groups is 1. The highest BCUT2D eigenvalue weighted by atomic mass is 32.2. The number of nitrogen functional groups attached to an aromatic ring is 1. The van der Waals surface area contributed by atoms with Gasteiger partial charge >= 0.3 is 0 Å². The lowest BCUT2D eigenvalue weighted by Gasteiger charge is -2.13. The lowest BCUT2D eigenvalue weighted by atomic mass is 10.0. The van der Waals surface area contributed by atoms with Crippen molar-refractivity contribution in [2.24, 2.45) is 20.5 Å². The van der Waals surface area contributed by atoms with Crippen LogP contribution in [-0.4, -0.2) is 18.1 Å². The minimum absolute atomic E-state index is 0.0449. The van der Waals surface area contributed by atoms with Crippen LogP contribution in [0, 0.1) is 20.8 Å². The number of azo groups is 2. The third-order valence-corrected chi connectivity index (χ3v) is 7.26. The molecule has 0 radical (unpaired) electrons. The fraction of sp³-hybridized carbons (Fsp3) is 0.111. The van der Waals surface area contributed by atoms with E-state index in [4.69, 9.17) is 10.1 Å². The van der Waals surface area contributed by atoms with Crippen molar-refractivity contribution < 1.29 is 27.3 Å². The molecule has 0 atom stereocenters. The molecule has 0 aliphatic carbocycles. The number of aryl methyl sites for hydroxylation is 3. The molecule has 0 aromatic heterocycles. The molecule has 0 amide bonds. The Hall–Kier alpha value is -4.30. The minimum atomic E-state index is -4.78. The van der Waals surface area contributed by atoms with E-state index in [2.05, 4.69) is 31.9 Å². The van der Waals surface area contributed by atoms with Crippen LogP contribution in [0.1, 0.15) is 16.7 Å². The van der Waals surface area contributed by atoms with E-state index in [1.165, 1.54) is 6.07 Å². The first kappa shape index (κ1) is 28.7. The summed E-state index contributed by atoms with van der Waals surface area (Å²) in [7, 11) is -4.78. The maximum atomic E-state index is 12.2. The topological polar surface area (TPSA) is 169 Å². The Morgan fingerprint density at radius 2 is 1.62 bits per heavy atom. The number of nitrogens with two attached hydrogens (primary N) is 1. The smallest absolute Gasteiger partial charge is 0.296 e. The van der Waals surface area contributed by atoms with Gasteiger partial charge in [-0.1, -0.05) is 18.7 Å². The molecule has 206 valence electrons. The Bertz CT molecular complexity index is 1770. The molecule has 0 unspecified atom stereocenters. The number of fused-ring (bicyclic) bond motifs is 1. The molecule has 0 fully saturated rings. The van der Waals surface area contributed by atoms with Crippen LogP contribution in [0.3, 0.4) is 0 Å². The third kappa shape index (κ3) is 6.29. The second-order valence-electron chi connectivity index (χ2n) is 8.70. The van der Waals surface area contributed by atoms with Gasteiger partial charge in [0.25, 0.3) is 10.1 Å². The number of phenols is 1. The molecule has 0 heterocycles. The van der Waals surface area contributed by atoms with E-state index in [-0.39, 0.29) is 22.1 Å². The van der Waals surface area contributed by atoms with Crippen molar-refractivity contribution in [1.29, 1.82) is 0 Å². The Labute approximate surface area is 235 Å². The maximum Gasteiger partial charge on any atom is 0.296 e. The molecule has 4 aromatic rings. The van der Waals surface area contributed by atoms with Crippen LogP contribution >= 0.6 is 12.0 Å².